The topological polar surface area (TPSA) is 59.2 Å². The molecule has 0 aliphatic carbocycles. The van der Waals surface area contributed by atoms with Crippen molar-refractivity contribution in [3.05, 3.63) is 51.8 Å². The molecule has 0 radical (unpaired) electrons. The maximum Gasteiger partial charge on any atom is 0.309 e. The van der Waals surface area contributed by atoms with Gasteiger partial charge in [0.25, 0.3) is 0 Å². The molecule has 0 bridgehead atoms. The third-order valence-corrected chi connectivity index (χ3v) is 2.89. The van der Waals surface area contributed by atoms with Crippen molar-refractivity contribution in [3.8, 4) is 0 Å². The highest BCUT2D eigenvalue weighted by Gasteiger charge is 2.01. The molecule has 0 saturated carbocycles. The summed E-state index contributed by atoms with van der Waals surface area (Å²) in [5.74, 6) is -0.252. The van der Waals surface area contributed by atoms with Crippen LogP contribution < -0.4 is 5.43 Å². The van der Waals surface area contributed by atoms with Crippen LogP contribution in [0.3, 0.4) is 0 Å². The van der Waals surface area contributed by atoms with Crippen molar-refractivity contribution in [2.24, 2.45) is 0 Å². The molecule has 0 aliphatic heterocycles. The monoisotopic (exact) mass is 271 g/mol. The molecule has 20 heavy (non-hydrogen) atoms. The molecule has 0 fully saturated rings. The molecule has 1 aromatic heterocycles. The Bertz CT molecular complexity index is 713. The standard InChI is InChI=1S/C16H17NO3/c1-3-20-16(19)6-4-5-12-7-8-14-13(10-12)15(18)9-11(2)17-14/h4-5,7-10H,3,6H2,1-2H3,(H,17,18). The summed E-state index contributed by atoms with van der Waals surface area (Å²) in [5, 5.41) is 0.647. The highest BCUT2D eigenvalue weighted by molar-refractivity contribution is 5.81. The van der Waals surface area contributed by atoms with Gasteiger partial charge in [-0.1, -0.05) is 18.2 Å². The van der Waals surface area contributed by atoms with Crippen molar-refractivity contribution < 1.29 is 9.53 Å². The van der Waals surface area contributed by atoms with Crippen molar-refractivity contribution >= 4 is 22.9 Å². The second kappa shape index (κ2) is 6.19. The number of esters is 1. The van der Waals surface area contributed by atoms with Crippen molar-refractivity contribution in [3.63, 3.8) is 0 Å². The summed E-state index contributed by atoms with van der Waals surface area (Å²) in [6.07, 6.45) is 3.79. The number of carbonyl (C=O) groups excluding carboxylic acids is 1. The first kappa shape index (κ1) is 14.1. The van der Waals surface area contributed by atoms with Crippen LogP contribution in [0.5, 0.6) is 0 Å². The number of rotatable bonds is 4. The Kier molecular flexibility index (Phi) is 4.35. The molecule has 1 N–H and O–H groups in total. The minimum atomic E-state index is -0.252. The van der Waals surface area contributed by atoms with Crippen LogP contribution in [0.15, 0.2) is 35.1 Å². The number of ether oxygens (including phenoxy) is 1. The van der Waals surface area contributed by atoms with Crippen LogP contribution in [-0.2, 0) is 9.53 Å². The fourth-order valence-electron chi connectivity index (χ4n) is 2.01. The first-order valence-corrected chi connectivity index (χ1v) is 6.56. The van der Waals surface area contributed by atoms with Gasteiger partial charge in [-0.25, -0.2) is 0 Å². The van der Waals surface area contributed by atoms with Crippen LogP contribution in [0.1, 0.15) is 24.6 Å². The molecule has 2 aromatic rings. The highest BCUT2D eigenvalue weighted by atomic mass is 16.5. The molecule has 0 amide bonds. The van der Waals surface area contributed by atoms with Gasteiger partial charge in [-0.05, 0) is 31.5 Å². The summed E-state index contributed by atoms with van der Waals surface area (Å²) in [6.45, 7) is 4.02. The zero-order chi connectivity index (χ0) is 14.5. The number of pyridine rings is 1. The summed E-state index contributed by atoms with van der Waals surface area (Å²) < 4.78 is 4.84. The zero-order valence-electron chi connectivity index (χ0n) is 11.6. The van der Waals surface area contributed by atoms with E-state index in [1.165, 1.54) is 0 Å². The molecule has 104 valence electrons. The van der Waals surface area contributed by atoms with Gasteiger partial charge < -0.3 is 9.72 Å². The Balaban J connectivity index is 2.22. The van der Waals surface area contributed by atoms with Gasteiger partial charge in [0.15, 0.2) is 5.43 Å². The van der Waals surface area contributed by atoms with Crippen molar-refractivity contribution in [1.82, 2.24) is 4.98 Å². The predicted octanol–water partition coefficient (Wildman–Crippen LogP) is 2.80. The van der Waals surface area contributed by atoms with E-state index in [1.807, 2.05) is 31.2 Å². The fraction of sp³-hybridized carbons (Fsp3) is 0.250. The smallest absolute Gasteiger partial charge is 0.309 e. The fourth-order valence-corrected chi connectivity index (χ4v) is 2.01. The molecule has 0 saturated heterocycles. The SMILES string of the molecule is CCOC(=O)CC=Cc1ccc2[nH]c(C)cc(=O)c2c1. The van der Waals surface area contributed by atoms with Gasteiger partial charge in [-0.2, -0.15) is 0 Å². The van der Waals surface area contributed by atoms with Gasteiger partial charge in [-0.3, -0.25) is 9.59 Å². The van der Waals surface area contributed by atoms with E-state index < -0.39 is 0 Å². The number of aromatic amines is 1. The second-order valence-electron chi connectivity index (χ2n) is 4.53. The van der Waals surface area contributed by atoms with E-state index in [0.29, 0.717) is 12.0 Å². The summed E-state index contributed by atoms with van der Waals surface area (Å²) in [7, 11) is 0. The van der Waals surface area contributed by atoms with E-state index in [2.05, 4.69) is 4.98 Å². The minimum absolute atomic E-state index is 0.00288. The van der Waals surface area contributed by atoms with Crippen molar-refractivity contribution in [1.29, 1.82) is 0 Å². The number of hydrogen-bond donors (Lipinski definition) is 1. The minimum Gasteiger partial charge on any atom is -0.466 e. The molecule has 2 rings (SSSR count). The third-order valence-electron chi connectivity index (χ3n) is 2.89. The van der Waals surface area contributed by atoms with Gasteiger partial charge in [0.2, 0.25) is 0 Å². The molecule has 0 atom stereocenters. The second-order valence-corrected chi connectivity index (χ2v) is 4.53. The van der Waals surface area contributed by atoms with Gasteiger partial charge in [-0.15, -0.1) is 0 Å². The lowest BCUT2D eigenvalue weighted by atomic mass is 10.1. The summed E-state index contributed by atoms with van der Waals surface area (Å²) in [5.41, 5.74) is 2.54. The molecular formula is C16H17NO3. The number of fused-ring (bicyclic) bond motifs is 1. The molecule has 4 nitrogen and oxygen atoms in total. The molecule has 0 spiro atoms. The predicted molar refractivity (Wildman–Crippen MR) is 79.6 cm³/mol. The van der Waals surface area contributed by atoms with E-state index in [4.69, 9.17) is 4.74 Å². The number of H-pyrrole nitrogens is 1. The highest BCUT2D eigenvalue weighted by Crippen LogP contribution is 2.12. The zero-order valence-corrected chi connectivity index (χ0v) is 11.6. The Morgan fingerprint density at radius 3 is 2.90 bits per heavy atom. The van der Waals surface area contributed by atoms with Crippen LogP contribution in [0.4, 0.5) is 0 Å². The van der Waals surface area contributed by atoms with E-state index in [9.17, 15) is 9.59 Å². The molecule has 0 aliphatic rings. The number of aryl methyl sites for hydroxylation is 1. The van der Waals surface area contributed by atoms with Gasteiger partial charge in [0.1, 0.15) is 0 Å². The van der Waals surface area contributed by atoms with Gasteiger partial charge in [0.05, 0.1) is 13.0 Å². The molecule has 1 aromatic carbocycles. The van der Waals surface area contributed by atoms with E-state index in [0.717, 1.165) is 16.8 Å². The Morgan fingerprint density at radius 1 is 1.35 bits per heavy atom. The first-order chi connectivity index (χ1) is 9.60. The molecule has 0 unspecified atom stereocenters. The summed E-state index contributed by atoms with van der Waals surface area (Å²) in [6, 6.07) is 7.16. The number of hydrogen-bond acceptors (Lipinski definition) is 3. The average molecular weight is 271 g/mol. The number of nitrogens with one attached hydrogen (secondary N) is 1. The van der Waals surface area contributed by atoms with Crippen LogP contribution >= 0.6 is 0 Å². The number of aromatic nitrogens is 1. The van der Waals surface area contributed by atoms with Crippen LogP contribution in [-0.4, -0.2) is 17.6 Å². The Morgan fingerprint density at radius 2 is 2.15 bits per heavy atom. The lowest BCUT2D eigenvalue weighted by Crippen LogP contribution is -2.03. The quantitative estimate of drug-likeness (QED) is 0.870. The Labute approximate surface area is 117 Å². The lowest BCUT2D eigenvalue weighted by Gasteiger charge is -2.01. The van der Waals surface area contributed by atoms with Crippen LogP contribution in [0.2, 0.25) is 0 Å². The number of carbonyl (C=O) groups is 1. The lowest BCUT2D eigenvalue weighted by molar-refractivity contribution is -0.142. The maximum absolute atomic E-state index is 11.9. The van der Waals surface area contributed by atoms with E-state index >= 15 is 0 Å². The Hall–Kier alpha value is -2.36. The summed E-state index contributed by atoms with van der Waals surface area (Å²) >= 11 is 0. The number of benzene rings is 1. The van der Waals surface area contributed by atoms with E-state index in [-0.39, 0.29) is 17.8 Å². The first-order valence-electron chi connectivity index (χ1n) is 6.56. The molecule has 1 heterocycles. The normalized spacial score (nSPS) is 11.1. The molecule has 4 heteroatoms. The van der Waals surface area contributed by atoms with E-state index in [1.54, 1.807) is 19.1 Å². The van der Waals surface area contributed by atoms with Crippen LogP contribution in [0.25, 0.3) is 17.0 Å². The summed E-state index contributed by atoms with van der Waals surface area (Å²) in [4.78, 5) is 26.3. The third kappa shape index (κ3) is 3.35. The average Bonchev–Trinajstić information content (AvgIpc) is 2.39. The van der Waals surface area contributed by atoms with Crippen molar-refractivity contribution in [2.75, 3.05) is 6.61 Å². The van der Waals surface area contributed by atoms with Gasteiger partial charge >= 0.3 is 5.97 Å². The maximum atomic E-state index is 11.9. The molecular weight excluding hydrogens is 254 g/mol. The largest absolute Gasteiger partial charge is 0.466 e. The van der Waals surface area contributed by atoms with Crippen LogP contribution in [0, 0.1) is 6.92 Å². The van der Waals surface area contributed by atoms with Crippen molar-refractivity contribution in [2.45, 2.75) is 20.3 Å². The van der Waals surface area contributed by atoms with Gasteiger partial charge in [0, 0.05) is 22.7 Å².